The van der Waals surface area contributed by atoms with Crippen molar-refractivity contribution in [1.29, 1.82) is 5.26 Å². The second kappa shape index (κ2) is 5.83. The van der Waals surface area contributed by atoms with Gasteiger partial charge in [0.25, 0.3) is 0 Å². The molecule has 18 heavy (non-hydrogen) atoms. The van der Waals surface area contributed by atoms with Gasteiger partial charge in [-0.3, -0.25) is 0 Å². The monoisotopic (exact) mass is 352 g/mol. The predicted molar refractivity (Wildman–Crippen MR) is 77.6 cm³/mol. The van der Waals surface area contributed by atoms with Crippen molar-refractivity contribution in [3.8, 4) is 6.07 Å². The van der Waals surface area contributed by atoms with E-state index in [-0.39, 0.29) is 5.56 Å². The zero-order valence-corrected chi connectivity index (χ0v) is 11.6. The molecule has 0 bridgehead atoms. The molecule has 0 atom stereocenters. The topological polar surface area (TPSA) is 35.8 Å². The molecule has 0 amide bonds. The van der Waals surface area contributed by atoms with E-state index in [4.69, 9.17) is 5.26 Å². The second-order valence-electron chi connectivity index (χ2n) is 3.79. The lowest BCUT2D eigenvalue weighted by Crippen LogP contribution is -2.00. The summed E-state index contributed by atoms with van der Waals surface area (Å²) in [6.45, 7) is 0.565. The highest BCUT2D eigenvalue weighted by Gasteiger charge is 2.02. The van der Waals surface area contributed by atoms with Gasteiger partial charge >= 0.3 is 0 Å². The molecule has 2 aromatic rings. The van der Waals surface area contributed by atoms with Crippen LogP contribution in [0.2, 0.25) is 0 Å². The highest BCUT2D eigenvalue weighted by Crippen LogP contribution is 2.14. The van der Waals surface area contributed by atoms with Gasteiger partial charge in [-0.05, 0) is 64.6 Å². The van der Waals surface area contributed by atoms with Crippen LogP contribution in [0.15, 0.2) is 42.5 Å². The molecule has 1 N–H and O–H groups in total. The molecule has 90 valence electrons. The van der Waals surface area contributed by atoms with E-state index in [1.54, 1.807) is 12.1 Å². The first-order valence-corrected chi connectivity index (χ1v) is 6.45. The van der Waals surface area contributed by atoms with E-state index in [1.807, 2.05) is 30.3 Å². The van der Waals surface area contributed by atoms with Crippen molar-refractivity contribution in [3.05, 3.63) is 63.0 Å². The van der Waals surface area contributed by atoms with Crippen molar-refractivity contribution in [3.63, 3.8) is 0 Å². The van der Waals surface area contributed by atoms with Crippen molar-refractivity contribution >= 4 is 28.3 Å². The maximum Gasteiger partial charge on any atom is 0.140 e. The fraction of sp³-hybridized carbons (Fsp3) is 0.0714. The average molecular weight is 352 g/mol. The quantitative estimate of drug-likeness (QED) is 0.851. The number of nitriles is 1. The summed E-state index contributed by atoms with van der Waals surface area (Å²) in [7, 11) is 0. The fourth-order valence-corrected chi connectivity index (χ4v) is 1.90. The van der Waals surface area contributed by atoms with Crippen molar-refractivity contribution in [2.75, 3.05) is 5.32 Å². The Hall–Kier alpha value is -1.61. The molecule has 2 nitrogen and oxygen atoms in total. The number of hydrogen-bond acceptors (Lipinski definition) is 2. The Morgan fingerprint density at radius 2 is 1.89 bits per heavy atom. The van der Waals surface area contributed by atoms with Crippen molar-refractivity contribution in [2.24, 2.45) is 0 Å². The summed E-state index contributed by atoms with van der Waals surface area (Å²) >= 11 is 2.24. The maximum atomic E-state index is 13.1. The Balaban J connectivity index is 2.06. The molecule has 0 heterocycles. The van der Waals surface area contributed by atoms with Crippen LogP contribution in [0.5, 0.6) is 0 Å². The Morgan fingerprint density at radius 3 is 2.56 bits per heavy atom. The molecule has 0 aliphatic heterocycles. The first kappa shape index (κ1) is 12.8. The van der Waals surface area contributed by atoms with E-state index in [0.29, 0.717) is 6.54 Å². The van der Waals surface area contributed by atoms with Gasteiger partial charge in [0.1, 0.15) is 11.9 Å². The number of nitrogens with one attached hydrogen (secondary N) is 1. The van der Waals surface area contributed by atoms with Gasteiger partial charge in [-0.25, -0.2) is 4.39 Å². The number of hydrogen-bond donors (Lipinski definition) is 1. The van der Waals surface area contributed by atoms with Crippen molar-refractivity contribution in [1.82, 2.24) is 0 Å². The molecule has 0 aromatic heterocycles. The third-order valence-electron chi connectivity index (χ3n) is 2.49. The minimum absolute atomic E-state index is 0.0805. The minimum atomic E-state index is -0.476. The second-order valence-corrected chi connectivity index (χ2v) is 5.03. The standard InChI is InChI=1S/C14H10FIN2/c15-14-6-1-10(7-11(14)8-17)9-18-13-4-2-12(16)3-5-13/h1-7,18H,9H2. The molecule has 4 heteroatoms. The zero-order valence-electron chi connectivity index (χ0n) is 9.45. The van der Waals surface area contributed by atoms with E-state index in [0.717, 1.165) is 11.3 Å². The van der Waals surface area contributed by atoms with E-state index in [2.05, 4.69) is 27.9 Å². The van der Waals surface area contributed by atoms with Gasteiger partial charge in [0.2, 0.25) is 0 Å². The summed E-state index contributed by atoms with van der Waals surface area (Å²) in [4.78, 5) is 0. The molecular formula is C14H10FIN2. The molecular weight excluding hydrogens is 342 g/mol. The third-order valence-corrected chi connectivity index (χ3v) is 3.21. The number of halogens is 2. The van der Waals surface area contributed by atoms with E-state index >= 15 is 0 Å². The summed E-state index contributed by atoms with van der Waals surface area (Å²) in [5, 5.41) is 12.0. The molecule has 0 fully saturated rings. The summed E-state index contributed by atoms with van der Waals surface area (Å²) in [6.07, 6.45) is 0. The molecule has 2 aromatic carbocycles. The van der Waals surface area contributed by atoms with Crippen LogP contribution in [0.3, 0.4) is 0 Å². The Morgan fingerprint density at radius 1 is 1.17 bits per heavy atom. The highest BCUT2D eigenvalue weighted by atomic mass is 127. The van der Waals surface area contributed by atoms with Crippen LogP contribution in [-0.4, -0.2) is 0 Å². The SMILES string of the molecule is N#Cc1cc(CNc2ccc(I)cc2)ccc1F. The van der Waals surface area contributed by atoms with Gasteiger partial charge in [0.15, 0.2) is 0 Å². The van der Waals surface area contributed by atoms with Crippen LogP contribution in [-0.2, 0) is 6.54 Å². The molecule has 2 rings (SSSR count). The van der Waals surface area contributed by atoms with Crippen LogP contribution in [0.4, 0.5) is 10.1 Å². The van der Waals surface area contributed by atoms with Crippen LogP contribution >= 0.6 is 22.6 Å². The first-order valence-electron chi connectivity index (χ1n) is 5.37. The third kappa shape index (κ3) is 3.20. The Bertz CT molecular complexity index is 588. The molecule has 0 radical (unpaired) electrons. The van der Waals surface area contributed by atoms with Gasteiger partial charge in [-0.1, -0.05) is 6.07 Å². The number of anilines is 1. The van der Waals surface area contributed by atoms with Gasteiger partial charge in [-0.2, -0.15) is 5.26 Å². The molecule has 0 spiro atoms. The van der Waals surface area contributed by atoms with E-state index in [1.165, 1.54) is 9.64 Å². The van der Waals surface area contributed by atoms with Crippen LogP contribution in [0.25, 0.3) is 0 Å². The highest BCUT2D eigenvalue weighted by molar-refractivity contribution is 14.1. The van der Waals surface area contributed by atoms with Gasteiger partial charge in [0.05, 0.1) is 5.56 Å². The maximum absolute atomic E-state index is 13.1. The van der Waals surface area contributed by atoms with Crippen LogP contribution < -0.4 is 5.32 Å². The summed E-state index contributed by atoms with van der Waals surface area (Å²) in [5.41, 5.74) is 1.96. The number of nitrogens with zero attached hydrogens (tertiary/aromatic N) is 1. The fourth-order valence-electron chi connectivity index (χ4n) is 1.54. The average Bonchev–Trinajstić information content (AvgIpc) is 2.39. The first-order chi connectivity index (χ1) is 8.69. The van der Waals surface area contributed by atoms with Gasteiger partial charge in [0, 0.05) is 15.8 Å². The molecule has 0 saturated heterocycles. The molecule has 0 aliphatic rings. The lowest BCUT2D eigenvalue weighted by molar-refractivity contribution is 0.623. The van der Waals surface area contributed by atoms with Gasteiger partial charge < -0.3 is 5.32 Å². The van der Waals surface area contributed by atoms with E-state index in [9.17, 15) is 4.39 Å². The summed E-state index contributed by atoms with van der Waals surface area (Å²) in [5.74, 6) is -0.476. The lowest BCUT2D eigenvalue weighted by Gasteiger charge is -2.07. The summed E-state index contributed by atoms with van der Waals surface area (Å²) < 4.78 is 14.3. The van der Waals surface area contributed by atoms with Crippen molar-refractivity contribution < 1.29 is 4.39 Å². The largest absolute Gasteiger partial charge is 0.381 e. The summed E-state index contributed by atoms with van der Waals surface area (Å²) in [6, 6.07) is 14.4. The molecule has 0 saturated carbocycles. The predicted octanol–water partition coefficient (Wildman–Crippen LogP) is 3.91. The van der Waals surface area contributed by atoms with Crippen molar-refractivity contribution in [2.45, 2.75) is 6.54 Å². The van der Waals surface area contributed by atoms with Gasteiger partial charge in [-0.15, -0.1) is 0 Å². The number of rotatable bonds is 3. The zero-order chi connectivity index (χ0) is 13.0. The minimum Gasteiger partial charge on any atom is -0.381 e. The lowest BCUT2D eigenvalue weighted by atomic mass is 10.1. The number of benzene rings is 2. The molecule has 0 aliphatic carbocycles. The molecule has 0 unspecified atom stereocenters. The smallest absolute Gasteiger partial charge is 0.140 e. The van der Waals surface area contributed by atoms with E-state index < -0.39 is 5.82 Å². The Kier molecular flexibility index (Phi) is 4.15. The normalized spacial score (nSPS) is 9.83. The van der Waals surface area contributed by atoms with Crippen LogP contribution in [0, 0.1) is 20.7 Å². The Labute approximate surface area is 119 Å². The van der Waals surface area contributed by atoms with Crippen LogP contribution in [0.1, 0.15) is 11.1 Å².